The Morgan fingerprint density at radius 2 is 2.13 bits per heavy atom. The standard InChI is InChI=1S/C11H21NO3/c1-2-10(14)9-12-5-3-11(4-6-12)15-8-7-13/h11,13H,2-9H2,1H3. The van der Waals surface area contributed by atoms with Crippen molar-refractivity contribution >= 4 is 5.78 Å². The zero-order chi connectivity index (χ0) is 11.1. The number of hydrogen-bond acceptors (Lipinski definition) is 4. The summed E-state index contributed by atoms with van der Waals surface area (Å²) in [5.41, 5.74) is 0. The second kappa shape index (κ2) is 6.93. The highest BCUT2D eigenvalue weighted by Gasteiger charge is 2.20. The molecule has 0 amide bonds. The van der Waals surface area contributed by atoms with Crippen molar-refractivity contribution in [1.29, 1.82) is 0 Å². The van der Waals surface area contributed by atoms with E-state index in [1.165, 1.54) is 0 Å². The molecule has 0 atom stereocenters. The number of likely N-dealkylation sites (tertiary alicyclic amines) is 1. The van der Waals surface area contributed by atoms with Crippen LogP contribution in [0.2, 0.25) is 0 Å². The van der Waals surface area contributed by atoms with Gasteiger partial charge in [-0.05, 0) is 12.8 Å². The third-order valence-corrected chi connectivity index (χ3v) is 2.77. The van der Waals surface area contributed by atoms with Gasteiger partial charge in [0.1, 0.15) is 5.78 Å². The molecule has 4 heteroatoms. The molecule has 1 N–H and O–H groups in total. The molecule has 0 aromatic rings. The number of rotatable bonds is 6. The summed E-state index contributed by atoms with van der Waals surface area (Å²) in [4.78, 5) is 13.4. The van der Waals surface area contributed by atoms with Crippen molar-refractivity contribution in [3.8, 4) is 0 Å². The maximum atomic E-state index is 11.2. The van der Waals surface area contributed by atoms with Crippen molar-refractivity contribution in [1.82, 2.24) is 4.90 Å². The molecule has 4 nitrogen and oxygen atoms in total. The van der Waals surface area contributed by atoms with E-state index in [4.69, 9.17) is 9.84 Å². The molecule has 15 heavy (non-hydrogen) atoms. The summed E-state index contributed by atoms with van der Waals surface area (Å²) in [6.07, 6.45) is 2.83. The second-order valence-corrected chi connectivity index (χ2v) is 3.96. The van der Waals surface area contributed by atoms with E-state index >= 15 is 0 Å². The highest BCUT2D eigenvalue weighted by molar-refractivity contribution is 5.80. The van der Waals surface area contributed by atoms with E-state index in [9.17, 15) is 4.79 Å². The molecule has 0 aromatic carbocycles. The van der Waals surface area contributed by atoms with Gasteiger partial charge in [0.05, 0.1) is 25.9 Å². The van der Waals surface area contributed by atoms with Gasteiger partial charge in [0, 0.05) is 19.5 Å². The van der Waals surface area contributed by atoms with E-state index in [1.807, 2.05) is 6.92 Å². The van der Waals surface area contributed by atoms with Gasteiger partial charge in [0.2, 0.25) is 0 Å². The monoisotopic (exact) mass is 215 g/mol. The summed E-state index contributed by atoms with van der Waals surface area (Å²) in [6.45, 7) is 4.87. The summed E-state index contributed by atoms with van der Waals surface area (Å²) >= 11 is 0. The lowest BCUT2D eigenvalue weighted by Gasteiger charge is -2.31. The molecule has 1 saturated heterocycles. The normalized spacial score (nSPS) is 19.3. The number of hydrogen-bond donors (Lipinski definition) is 1. The van der Waals surface area contributed by atoms with Gasteiger partial charge in [-0.3, -0.25) is 9.69 Å². The van der Waals surface area contributed by atoms with Crippen LogP contribution in [0.1, 0.15) is 26.2 Å². The molecule has 88 valence electrons. The zero-order valence-electron chi connectivity index (χ0n) is 9.45. The predicted octanol–water partition coefficient (Wildman–Crippen LogP) is 0.439. The first-order valence-corrected chi connectivity index (χ1v) is 5.72. The Labute approximate surface area is 91.2 Å². The molecule has 1 aliphatic rings. The van der Waals surface area contributed by atoms with Crippen LogP contribution in [-0.4, -0.2) is 54.7 Å². The SMILES string of the molecule is CCC(=O)CN1CCC(OCCO)CC1. The van der Waals surface area contributed by atoms with Crippen LogP contribution in [0, 0.1) is 0 Å². The number of Topliss-reactive ketones (excluding diaryl/α,β-unsaturated/α-hetero) is 1. The van der Waals surface area contributed by atoms with E-state index in [0.29, 0.717) is 25.4 Å². The van der Waals surface area contributed by atoms with Crippen LogP contribution in [0.5, 0.6) is 0 Å². The highest BCUT2D eigenvalue weighted by atomic mass is 16.5. The van der Waals surface area contributed by atoms with Gasteiger partial charge < -0.3 is 9.84 Å². The Kier molecular flexibility index (Phi) is 5.83. The lowest BCUT2D eigenvalue weighted by molar-refractivity contribution is -0.120. The number of ether oxygens (including phenoxy) is 1. The number of carbonyl (C=O) groups excluding carboxylic acids is 1. The van der Waals surface area contributed by atoms with Gasteiger partial charge in [0.25, 0.3) is 0 Å². The summed E-state index contributed by atoms with van der Waals surface area (Å²) in [5, 5.41) is 8.62. The van der Waals surface area contributed by atoms with E-state index in [-0.39, 0.29) is 12.7 Å². The van der Waals surface area contributed by atoms with Gasteiger partial charge in [-0.25, -0.2) is 0 Å². The van der Waals surface area contributed by atoms with Crippen LogP contribution in [0.4, 0.5) is 0 Å². The molecule has 0 bridgehead atoms. The van der Waals surface area contributed by atoms with Crippen molar-refractivity contribution in [3.63, 3.8) is 0 Å². The topological polar surface area (TPSA) is 49.8 Å². The maximum absolute atomic E-state index is 11.2. The Bertz CT molecular complexity index is 188. The Hall–Kier alpha value is -0.450. The molecule has 0 aromatic heterocycles. The molecule has 1 fully saturated rings. The lowest BCUT2D eigenvalue weighted by atomic mass is 10.1. The molecule has 0 unspecified atom stereocenters. The summed E-state index contributed by atoms with van der Waals surface area (Å²) in [6, 6.07) is 0. The maximum Gasteiger partial charge on any atom is 0.146 e. The summed E-state index contributed by atoms with van der Waals surface area (Å²) in [7, 11) is 0. The van der Waals surface area contributed by atoms with E-state index in [0.717, 1.165) is 25.9 Å². The van der Waals surface area contributed by atoms with Crippen LogP contribution in [-0.2, 0) is 9.53 Å². The largest absolute Gasteiger partial charge is 0.394 e. The third-order valence-electron chi connectivity index (χ3n) is 2.77. The number of piperidine rings is 1. The van der Waals surface area contributed by atoms with E-state index < -0.39 is 0 Å². The highest BCUT2D eigenvalue weighted by Crippen LogP contribution is 2.13. The fourth-order valence-corrected chi connectivity index (χ4v) is 1.81. The van der Waals surface area contributed by atoms with Crippen molar-refractivity contribution in [3.05, 3.63) is 0 Å². The average Bonchev–Trinajstić information content (AvgIpc) is 2.28. The second-order valence-electron chi connectivity index (χ2n) is 3.96. The minimum absolute atomic E-state index is 0.0918. The van der Waals surface area contributed by atoms with Crippen LogP contribution in [0.25, 0.3) is 0 Å². The van der Waals surface area contributed by atoms with Crippen LogP contribution >= 0.6 is 0 Å². The van der Waals surface area contributed by atoms with Crippen LogP contribution < -0.4 is 0 Å². The molecule has 1 aliphatic heterocycles. The van der Waals surface area contributed by atoms with Gasteiger partial charge in [-0.2, -0.15) is 0 Å². The summed E-state index contributed by atoms with van der Waals surface area (Å²) < 4.78 is 5.45. The Balaban J connectivity index is 2.15. The Morgan fingerprint density at radius 1 is 1.47 bits per heavy atom. The number of nitrogens with zero attached hydrogens (tertiary/aromatic N) is 1. The van der Waals surface area contributed by atoms with Gasteiger partial charge >= 0.3 is 0 Å². The van der Waals surface area contributed by atoms with Crippen LogP contribution in [0.15, 0.2) is 0 Å². The first-order chi connectivity index (χ1) is 7.26. The third kappa shape index (κ3) is 4.73. The van der Waals surface area contributed by atoms with Gasteiger partial charge in [-0.15, -0.1) is 0 Å². The number of ketones is 1. The van der Waals surface area contributed by atoms with Crippen molar-refractivity contribution in [2.45, 2.75) is 32.3 Å². The Morgan fingerprint density at radius 3 is 2.67 bits per heavy atom. The average molecular weight is 215 g/mol. The first kappa shape index (κ1) is 12.6. The molecular formula is C11H21NO3. The molecule has 0 radical (unpaired) electrons. The molecule has 0 spiro atoms. The van der Waals surface area contributed by atoms with E-state index in [2.05, 4.69) is 4.90 Å². The van der Waals surface area contributed by atoms with Gasteiger partial charge in [-0.1, -0.05) is 6.92 Å². The fourth-order valence-electron chi connectivity index (χ4n) is 1.81. The number of carbonyl (C=O) groups is 1. The minimum Gasteiger partial charge on any atom is -0.394 e. The molecule has 0 saturated carbocycles. The smallest absolute Gasteiger partial charge is 0.146 e. The van der Waals surface area contributed by atoms with Crippen LogP contribution in [0.3, 0.4) is 0 Å². The molecule has 1 rings (SSSR count). The van der Waals surface area contributed by atoms with E-state index in [1.54, 1.807) is 0 Å². The molecule has 1 heterocycles. The van der Waals surface area contributed by atoms with Crippen molar-refractivity contribution < 1.29 is 14.6 Å². The fraction of sp³-hybridized carbons (Fsp3) is 0.909. The zero-order valence-corrected chi connectivity index (χ0v) is 9.45. The summed E-state index contributed by atoms with van der Waals surface area (Å²) in [5.74, 6) is 0.310. The number of aliphatic hydroxyl groups is 1. The molecular weight excluding hydrogens is 194 g/mol. The predicted molar refractivity (Wildman–Crippen MR) is 57.8 cm³/mol. The minimum atomic E-state index is 0.0918. The quantitative estimate of drug-likeness (QED) is 0.698. The molecule has 0 aliphatic carbocycles. The first-order valence-electron chi connectivity index (χ1n) is 5.72. The lowest BCUT2D eigenvalue weighted by Crippen LogP contribution is -2.40. The number of aliphatic hydroxyl groups excluding tert-OH is 1. The van der Waals surface area contributed by atoms with Crippen molar-refractivity contribution in [2.75, 3.05) is 32.8 Å². The van der Waals surface area contributed by atoms with Crippen molar-refractivity contribution in [2.24, 2.45) is 0 Å². The van der Waals surface area contributed by atoms with Gasteiger partial charge in [0.15, 0.2) is 0 Å².